The summed E-state index contributed by atoms with van der Waals surface area (Å²) < 4.78 is 32.2. The molecule has 3 atom stereocenters. The topological polar surface area (TPSA) is 88.3 Å². The predicted octanol–water partition coefficient (Wildman–Crippen LogP) is 2.60. The number of aryl methyl sites for hydroxylation is 1. The van der Waals surface area contributed by atoms with Gasteiger partial charge in [-0.05, 0) is 43.9 Å². The minimum Gasteiger partial charge on any atom is -0.349 e. The molecule has 0 bridgehead atoms. The van der Waals surface area contributed by atoms with Crippen LogP contribution < -0.4 is 5.32 Å². The van der Waals surface area contributed by atoms with Crippen molar-refractivity contribution in [3.05, 3.63) is 47.1 Å². The molecule has 1 aromatic carbocycles. The van der Waals surface area contributed by atoms with Crippen LogP contribution in [0.15, 0.2) is 22.7 Å². The number of rotatable bonds is 4. The number of carbonyl (C=O) groups is 2. The third kappa shape index (κ3) is 3.46. The first kappa shape index (κ1) is 20.4. The summed E-state index contributed by atoms with van der Waals surface area (Å²) in [4.78, 5) is 31.4. The molecular weight excluding hydrogens is 394 g/mol. The molecule has 2 amide bonds. The summed E-state index contributed by atoms with van der Waals surface area (Å²) in [6.07, 6.45) is 1.15. The van der Waals surface area contributed by atoms with Gasteiger partial charge in [-0.25, -0.2) is 8.78 Å². The summed E-state index contributed by atoms with van der Waals surface area (Å²) in [6.45, 7) is 6.47. The Morgan fingerprint density at radius 2 is 2.07 bits per heavy atom. The molecule has 0 spiro atoms. The van der Waals surface area contributed by atoms with E-state index in [2.05, 4.69) is 15.5 Å². The van der Waals surface area contributed by atoms with E-state index in [4.69, 9.17) is 4.52 Å². The number of hydrogen-bond donors (Lipinski definition) is 1. The lowest BCUT2D eigenvalue weighted by Crippen LogP contribution is -2.40. The maximum absolute atomic E-state index is 13.5. The van der Waals surface area contributed by atoms with Crippen LogP contribution in [0.5, 0.6) is 0 Å². The van der Waals surface area contributed by atoms with Crippen molar-refractivity contribution >= 4 is 11.8 Å². The van der Waals surface area contributed by atoms with Crippen molar-refractivity contribution in [3.63, 3.8) is 0 Å². The van der Waals surface area contributed by atoms with Gasteiger partial charge in [-0.1, -0.05) is 19.0 Å². The second kappa shape index (κ2) is 7.45. The van der Waals surface area contributed by atoms with E-state index in [1.807, 2.05) is 18.7 Å². The molecule has 2 aromatic rings. The van der Waals surface area contributed by atoms with Crippen LogP contribution in [0.25, 0.3) is 0 Å². The van der Waals surface area contributed by atoms with Gasteiger partial charge in [0.15, 0.2) is 17.5 Å². The molecule has 2 heterocycles. The average molecular weight is 418 g/mol. The van der Waals surface area contributed by atoms with Crippen LogP contribution in [0.2, 0.25) is 0 Å². The fraction of sp³-hybridized carbons (Fsp3) is 0.524. The molecule has 1 aliphatic heterocycles. The van der Waals surface area contributed by atoms with Crippen molar-refractivity contribution in [1.82, 2.24) is 20.4 Å². The van der Waals surface area contributed by atoms with Gasteiger partial charge in [-0.15, -0.1) is 0 Å². The molecule has 3 unspecified atom stereocenters. The molecule has 1 aromatic heterocycles. The Morgan fingerprint density at radius 3 is 2.70 bits per heavy atom. The number of hydrogen-bond acceptors (Lipinski definition) is 5. The van der Waals surface area contributed by atoms with Crippen LogP contribution in [0.4, 0.5) is 8.78 Å². The molecule has 1 N–H and O–H groups in total. The lowest BCUT2D eigenvalue weighted by atomic mass is 9.80. The molecule has 2 fully saturated rings. The molecule has 4 rings (SSSR count). The van der Waals surface area contributed by atoms with Gasteiger partial charge in [-0.2, -0.15) is 4.98 Å². The van der Waals surface area contributed by atoms with Crippen molar-refractivity contribution in [2.45, 2.75) is 45.1 Å². The SMILES string of the molecule is Cc1noc(C23CC(NC(=O)c4ccc(F)c(F)c4)CC2CN(C(=O)C(C)C)C3)n1. The van der Waals surface area contributed by atoms with Crippen LogP contribution in [0, 0.1) is 30.4 Å². The van der Waals surface area contributed by atoms with E-state index in [0.717, 1.165) is 12.1 Å². The van der Waals surface area contributed by atoms with E-state index < -0.39 is 23.0 Å². The third-order valence-corrected chi connectivity index (χ3v) is 6.15. The summed E-state index contributed by atoms with van der Waals surface area (Å²) in [6, 6.07) is 2.87. The Balaban J connectivity index is 1.55. The van der Waals surface area contributed by atoms with Gasteiger partial charge in [-0.3, -0.25) is 9.59 Å². The van der Waals surface area contributed by atoms with Crippen LogP contribution in [0.3, 0.4) is 0 Å². The molecule has 160 valence electrons. The summed E-state index contributed by atoms with van der Waals surface area (Å²) in [7, 11) is 0. The lowest BCUT2D eigenvalue weighted by Gasteiger charge is -2.26. The van der Waals surface area contributed by atoms with Gasteiger partial charge in [0.25, 0.3) is 5.91 Å². The summed E-state index contributed by atoms with van der Waals surface area (Å²) in [5.41, 5.74) is -0.470. The summed E-state index contributed by atoms with van der Waals surface area (Å²) in [5, 5.41) is 6.84. The minimum atomic E-state index is -1.06. The van der Waals surface area contributed by atoms with Crippen LogP contribution in [-0.4, -0.2) is 46.0 Å². The van der Waals surface area contributed by atoms with Gasteiger partial charge >= 0.3 is 0 Å². The lowest BCUT2D eigenvalue weighted by molar-refractivity contribution is -0.133. The van der Waals surface area contributed by atoms with Gasteiger partial charge in [0.2, 0.25) is 11.8 Å². The van der Waals surface area contributed by atoms with Gasteiger partial charge in [0.05, 0.1) is 5.41 Å². The number of carbonyl (C=O) groups excluding carboxylic acids is 2. The molecule has 9 heteroatoms. The number of likely N-dealkylation sites (tertiary alicyclic amines) is 1. The number of amides is 2. The molecule has 1 aliphatic carbocycles. The van der Waals surface area contributed by atoms with E-state index in [1.54, 1.807) is 6.92 Å². The van der Waals surface area contributed by atoms with Gasteiger partial charge in [0, 0.05) is 30.6 Å². The summed E-state index contributed by atoms with van der Waals surface area (Å²) >= 11 is 0. The standard InChI is InChI=1S/C21H24F2N4O3/c1-11(2)19(29)27-9-14-7-15(8-21(14,10-27)20-24-12(3)26-30-20)25-18(28)13-4-5-16(22)17(23)6-13/h4-6,11,14-15H,7-10H2,1-3H3,(H,25,28). The first-order chi connectivity index (χ1) is 14.2. The highest BCUT2D eigenvalue weighted by molar-refractivity contribution is 5.94. The van der Waals surface area contributed by atoms with Crippen molar-refractivity contribution in [2.24, 2.45) is 11.8 Å². The molecule has 30 heavy (non-hydrogen) atoms. The van der Waals surface area contributed by atoms with Gasteiger partial charge in [0.1, 0.15) is 0 Å². The van der Waals surface area contributed by atoms with E-state index in [1.165, 1.54) is 6.07 Å². The van der Waals surface area contributed by atoms with Crippen LogP contribution in [-0.2, 0) is 10.2 Å². The fourth-order valence-electron chi connectivity index (χ4n) is 4.75. The number of aromatic nitrogens is 2. The zero-order valence-corrected chi connectivity index (χ0v) is 17.1. The normalized spacial score (nSPS) is 25.6. The Bertz CT molecular complexity index is 992. The van der Waals surface area contributed by atoms with E-state index in [-0.39, 0.29) is 29.3 Å². The number of halogens is 2. The highest BCUT2D eigenvalue weighted by Gasteiger charge is 2.58. The minimum absolute atomic E-state index is 0.0512. The Kier molecular flexibility index (Phi) is 5.07. The van der Waals surface area contributed by atoms with E-state index in [0.29, 0.717) is 37.6 Å². The largest absolute Gasteiger partial charge is 0.349 e. The maximum atomic E-state index is 13.5. The Morgan fingerprint density at radius 1 is 1.30 bits per heavy atom. The molecule has 1 saturated heterocycles. The second-order valence-corrected chi connectivity index (χ2v) is 8.61. The highest BCUT2D eigenvalue weighted by Crippen LogP contribution is 2.50. The Labute approximate surface area is 172 Å². The van der Waals surface area contributed by atoms with Crippen LogP contribution in [0.1, 0.15) is 48.8 Å². The zero-order valence-electron chi connectivity index (χ0n) is 17.1. The smallest absolute Gasteiger partial charge is 0.251 e. The number of nitrogens with zero attached hydrogens (tertiary/aromatic N) is 3. The van der Waals surface area contributed by atoms with Crippen molar-refractivity contribution in [2.75, 3.05) is 13.1 Å². The number of nitrogens with one attached hydrogen (secondary N) is 1. The van der Waals surface area contributed by atoms with Gasteiger partial charge < -0.3 is 14.7 Å². The monoisotopic (exact) mass is 418 g/mol. The molecule has 7 nitrogen and oxygen atoms in total. The first-order valence-electron chi connectivity index (χ1n) is 10.0. The second-order valence-electron chi connectivity index (χ2n) is 8.61. The van der Waals surface area contributed by atoms with Crippen molar-refractivity contribution in [1.29, 1.82) is 0 Å². The average Bonchev–Trinajstić information content (AvgIpc) is 3.35. The Hall–Kier alpha value is -2.84. The molecule has 1 saturated carbocycles. The highest BCUT2D eigenvalue weighted by atomic mass is 19.2. The van der Waals surface area contributed by atoms with Crippen LogP contribution >= 0.6 is 0 Å². The van der Waals surface area contributed by atoms with E-state index >= 15 is 0 Å². The predicted molar refractivity (Wildman–Crippen MR) is 102 cm³/mol. The molecular formula is C21H24F2N4O3. The van der Waals surface area contributed by atoms with Crippen molar-refractivity contribution < 1.29 is 22.9 Å². The number of benzene rings is 1. The summed E-state index contributed by atoms with van der Waals surface area (Å²) in [5.74, 6) is -1.53. The fourth-order valence-corrected chi connectivity index (χ4v) is 4.75. The third-order valence-electron chi connectivity index (χ3n) is 6.15. The van der Waals surface area contributed by atoms with E-state index in [9.17, 15) is 18.4 Å². The van der Waals surface area contributed by atoms with Crippen molar-refractivity contribution in [3.8, 4) is 0 Å². The number of fused-ring (bicyclic) bond motifs is 1. The first-order valence-corrected chi connectivity index (χ1v) is 10.0. The molecule has 0 radical (unpaired) electrons. The quantitative estimate of drug-likeness (QED) is 0.825. The maximum Gasteiger partial charge on any atom is 0.251 e. The zero-order chi connectivity index (χ0) is 21.6. The molecule has 2 aliphatic rings.